The van der Waals surface area contributed by atoms with Crippen molar-refractivity contribution in [1.29, 1.82) is 0 Å². The summed E-state index contributed by atoms with van der Waals surface area (Å²) in [5, 5.41) is 0. The maximum atomic E-state index is 11.2. The van der Waals surface area contributed by atoms with Gasteiger partial charge in [-0.3, -0.25) is 4.79 Å². The highest BCUT2D eigenvalue weighted by Gasteiger charge is 2.22. The summed E-state index contributed by atoms with van der Waals surface area (Å²) in [5.41, 5.74) is 1.74. The maximum absolute atomic E-state index is 11.2. The highest BCUT2D eigenvalue weighted by Crippen LogP contribution is 2.21. The molecule has 1 aliphatic carbocycles. The molecule has 0 bridgehead atoms. The maximum Gasteiger partial charge on any atom is 0.168 e. The van der Waals surface area contributed by atoms with E-state index < -0.39 is 0 Å². The van der Waals surface area contributed by atoms with Crippen molar-refractivity contribution < 1.29 is 4.79 Å². The standard InChI is InChI=1S/C9H6OS/c10-8-5-9(11)7-4-2-1-3-6(7)8/h1-4H,5H2. The van der Waals surface area contributed by atoms with Gasteiger partial charge in [0, 0.05) is 16.8 Å². The first-order valence-electron chi connectivity index (χ1n) is 3.44. The molecule has 1 nitrogen and oxygen atoms in total. The first kappa shape index (κ1) is 6.68. The van der Waals surface area contributed by atoms with Crippen LogP contribution in [0.3, 0.4) is 0 Å². The molecule has 1 aliphatic rings. The second kappa shape index (κ2) is 2.24. The quantitative estimate of drug-likeness (QED) is 0.543. The van der Waals surface area contributed by atoms with Crippen LogP contribution in [-0.2, 0) is 0 Å². The zero-order valence-electron chi connectivity index (χ0n) is 5.83. The van der Waals surface area contributed by atoms with E-state index >= 15 is 0 Å². The summed E-state index contributed by atoms with van der Waals surface area (Å²) in [6.07, 6.45) is 0.425. The number of benzene rings is 1. The molecule has 0 atom stereocenters. The number of thiocarbonyl (C=S) groups is 1. The molecule has 0 heterocycles. The van der Waals surface area contributed by atoms with Gasteiger partial charge in [-0.25, -0.2) is 0 Å². The van der Waals surface area contributed by atoms with E-state index in [4.69, 9.17) is 12.2 Å². The Morgan fingerprint density at radius 3 is 2.45 bits per heavy atom. The van der Waals surface area contributed by atoms with Gasteiger partial charge in [0.2, 0.25) is 0 Å². The molecular weight excluding hydrogens is 156 g/mol. The molecule has 54 valence electrons. The lowest BCUT2D eigenvalue weighted by Crippen LogP contribution is -1.89. The molecule has 0 radical (unpaired) electrons. The molecular formula is C9H6OS. The second-order valence-corrected chi connectivity index (χ2v) is 3.06. The topological polar surface area (TPSA) is 17.1 Å². The molecule has 0 amide bonds. The lowest BCUT2D eigenvalue weighted by Gasteiger charge is -1.92. The number of rotatable bonds is 0. The smallest absolute Gasteiger partial charge is 0.168 e. The third kappa shape index (κ3) is 0.906. The van der Waals surface area contributed by atoms with Crippen molar-refractivity contribution in [3.05, 3.63) is 35.4 Å². The van der Waals surface area contributed by atoms with Crippen molar-refractivity contribution in [1.82, 2.24) is 0 Å². The van der Waals surface area contributed by atoms with E-state index in [0.29, 0.717) is 6.42 Å². The summed E-state index contributed by atoms with van der Waals surface area (Å²) in [5.74, 6) is 0.158. The monoisotopic (exact) mass is 162 g/mol. The van der Waals surface area contributed by atoms with Crippen molar-refractivity contribution in [2.24, 2.45) is 0 Å². The van der Waals surface area contributed by atoms with Crippen LogP contribution in [0.5, 0.6) is 0 Å². The molecule has 11 heavy (non-hydrogen) atoms. The Morgan fingerprint density at radius 2 is 1.82 bits per heavy atom. The van der Waals surface area contributed by atoms with Crippen LogP contribution < -0.4 is 0 Å². The first-order chi connectivity index (χ1) is 5.29. The van der Waals surface area contributed by atoms with E-state index in [1.807, 2.05) is 24.3 Å². The Morgan fingerprint density at radius 1 is 1.18 bits per heavy atom. The second-order valence-electron chi connectivity index (χ2n) is 2.57. The fourth-order valence-corrected chi connectivity index (χ4v) is 1.61. The van der Waals surface area contributed by atoms with Crippen LogP contribution in [0.4, 0.5) is 0 Å². The normalized spacial score (nSPS) is 15.3. The van der Waals surface area contributed by atoms with Crippen molar-refractivity contribution in [2.75, 3.05) is 0 Å². The minimum atomic E-state index is 0.158. The van der Waals surface area contributed by atoms with Crippen molar-refractivity contribution in [2.45, 2.75) is 6.42 Å². The third-order valence-corrected chi connectivity index (χ3v) is 2.21. The third-order valence-electron chi connectivity index (χ3n) is 1.85. The van der Waals surface area contributed by atoms with Crippen LogP contribution in [-0.4, -0.2) is 10.6 Å². The Labute approximate surface area is 70.0 Å². The SMILES string of the molecule is O=C1CC(=S)c2ccccc21. The van der Waals surface area contributed by atoms with E-state index in [9.17, 15) is 4.79 Å². The predicted octanol–water partition coefficient (Wildman–Crippen LogP) is 1.99. The Bertz CT molecular complexity index is 308. The Balaban J connectivity index is 2.69. The van der Waals surface area contributed by atoms with Gasteiger partial charge in [0.05, 0.1) is 0 Å². The molecule has 1 aromatic rings. The summed E-state index contributed by atoms with van der Waals surface area (Å²) in [6, 6.07) is 7.51. The number of hydrogen-bond acceptors (Lipinski definition) is 2. The van der Waals surface area contributed by atoms with Crippen molar-refractivity contribution in [3.8, 4) is 0 Å². The van der Waals surface area contributed by atoms with Crippen molar-refractivity contribution >= 4 is 22.9 Å². The van der Waals surface area contributed by atoms with Gasteiger partial charge >= 0.3 is 0 Å². The van der Waals surface area contributed by atoms with Crippen LogP contribution in [0.15, 0.2) is 24.3 Å². The zero-order valence-corrected chi connectivity index (χ0v) is 6.65. The summed E-state index contributed by atoms with van der Waals surface area (Å²) >= 11 is 5.03. The van der Waals surface area contributed by atoms with Gasteiger partial charge in [-0.15, -0.1) is 0 Å². The van der Waals surface area contributed by atoms with Gasteiger partial charge < -0.3 is 0 Å². The minimum absolute atomic E-state index is 0.158. The number of hydrogen-bond donors (Lipinski definition) is 0. The van der Waals surface area contributed by atoms with Crippen LogP contribution in [0.1, 0.15) is 22.3 Å². The molecule has 1 aromatic carbocycles. The van der Waals surface area contributed by atoms with Crippen LogP contribution in [0, 0.1) is 0 Å². The van der Waals surface area contributed by atoms with Gasteiger partial charge in [-0.2, -0.15) is 0 Å². The van der Waals surface area contributed by atoms with E-state index in [-0.39, 0.29) is 5.78 Å². The van der Waals surface area contributed by atoms with E-state index in [2.05, 4.69) is 0 Å². The molecule has 0 aliphatic heterocycles. The number of ketones is 1. The van der Waals surface area contributed by atoms with Gasteiger partial charge in [0.25, 0.3) is 0 Å². The number of carbonyl (C=O) groups excluding carboxylic acids is 1. The number of Topliss-reactive ketones (excluding diaryl/α,β-unsaturated/α-hetero) is 1. The summed E-state index contributed by atoms with van der Waals surface area (Å²) in [4.78, 5) is 12.0. The number of carbonyl (C=O) groups is 1. The molecule has 0 N–H and O–H groups in total. The average molecular weight is 162 g/mol. The lowest BCUT2D eigenvalue weighted by molar-refractivity contribution is 0.101. The Kier molecular flexibility index (Phi) is 1.36. The lowest BCUT2D eigenvalue weighted by atomic mass is 10.1. The fraction of sp³-hybridized carbons (Fsp3) is 0.111. The van der Waals surface area contributed by atoms with E-state index in [1.165, 1.54) is 0 Å². The van der Waals surface area contributed by atoms with Crippen LogP contribution in [0.2, 0.25) is 0 Å². The van der Waals surface area contributed by atoms with Crippen LogP contribution >= 0.6 is 12.2 Å². The van der Waals surface area contributed by atoms with Crippen LogP contribution in [0.25, 0.3) is 0 Å². The largest absolute Gasteiger partial charge is 0.294 e. The Hall–Kier alpha value is -1.02. The summed E-state index contributed by atoms with van der Waals surface area (Å²) < 4.78 is 0. The minimum Gasteiger partial charge on any atom is -0.294 e. The summed E-state index contributed by atoms with van der Waals surface area (Å²) in [7, 11) is 0. The average Bonchev–Trinajstić information content (AvgIpc) is 2.30. The van der Waals surface area contributed by atoms with E-state index in [0.717, 1.165) is 16.0 Å². The summed E-state index contributed by atoms with van der Waals surface area (Å²) in [6.45, 7) is 0. The predicted molar refractivity (Wildman–Crippen MR) is 47.1 cm³/mol. The molecule has 2 heteroatoms. The fourth-order valence-electron chi connectivity index (χ4n) is 1.31. The molecule has 0 saturated carbocycles. The first-order valence-corrected chi connectivity index (χ1v) is 3.85. The number of fused-ring (bicyclic) bond motifs is 1. The highest BCUT2D eigenvalue weighted by atomic mass is 32.1. The molecule has 0 aromatic heterocycles. The van der Waals surface area contributed by atoms with Gasteiger partial charge in [0.1, 0.15) is 0 Å². The van der Waals surface area contributed by atoms with Gasteiger partial charge in [-0.05, 0) is 5.56 Å². The molecule has 0 saturated heterocycles. The van der Waals surface area contributed by atoms with E-state index in [1.54, 1.807) is 0 Å². The van der Waals surface area contributed by atoms with Crippen molar-refractivity contribution in [3.63, 3.8) is 0 Å². The van der Waals surface area contributed by atoms with Gasteiger partial charge in [-0.1, -0.05) is 36.5 Å². The molecule has 0 spiro atoms. The molecule has 0 unspecified atom stereocenters. The molecule has 0 fully saturated rings. The zero-order chi connectivity index (χ0) is 7.84. The molecule has 2 rings (SSSR count). The van der Waals surface area contributed by atoms with Gasteiger partial charge in [0.15, 0.2) is 5.78 Å². The highest BCUT2D eigenvalue weighted by molar-refractivity contribution is 7.81.